The zero-order valence-corrected chi connectivity index (χ0v) is 12.5. The van der Waals surface area contributed by atoms with Crippen molar-refractivity contribution in [2.75, 3.05) is 18.5 Å². The van der Waals surface area contributed by atoms with Crippen molar-refractivity contribution in [3.8, 4) is 0 Å². The van der Waals surface area contributed by atoms with Crippen molar-refractivity contribution in [1.82, 2.24) is 5.32 Å². The fraction of sp³-hybridized carbons (Fsp3) is 0.625. The molecule has 106 valence electrons. The van der Waals surface area contributed by atoms with Crippen LogP contribution < -0.4 is 10.2 Å². The van der Waals surface area contributed by atoms with E-state index in [1.54, 1.807) is 12.1 Å². The first kappa shape index (κ1) is 14.3. The molecule has 0 heterocycles. The Hall–Kier alpha value is -1.09. The van der Waals surface area contributed by atoms with Crippen molar-refractivity contribution in [1.29, 1.82) is 0 Å². The van der Waals surface area contributed by atoms with E-state index < -0.39 is 0 Å². The van der Waals surface area contributed by atoms with Gasteiger partial charge < -0.3 is 10.2 Å². The van der Waals surface area contributed by atoms with Crippen LogP contribution in [0.1, 0.15) is 39.2 Å². The Bertz CT molecular complexity index is 433. The number of hydrogen-bond donors (Lipinski definition) is 1. The standard InChI is InChI=1S/C16H25FN2/c1-16(2,3)11-19(4)15-8-12(7-13(17)9-15)10-18-14-5-6-14/h7-9,14,18H,5-6,10-11H2,1-4H3. The zero-order chi connectivity index (χ0) is 14.0. The molecule has 19 heavy (non-hydrogen) atoms. The van der Waals surface area contributed by atoms with E-state index in [1.165, 1.54) is 12.8 Å². The lowest BCUT2D eigenvalue weighted by atomic mass is 9.96. The maximum absolute atomic E-state index is 13.7. The third-order valence-corrected chi connectivity index (χ3v) is 3.27. The molecule has 1 aromatic carbocycles. The molecule has 1 fully saturated rings. The first-order valence-electron chi connectivity index (χ1n) is 7.07. The van der Waals surface area contributed by atoms with Gasteiger partial charge in [-0.2, -0.15) is 0 Å². The van der Waals surface area contributed by atoms with Gasteiger partial charge in [-0.25, -0.2) is 4.39 Å². The van der Waals surface area contributed by atoms with E-state index >= 15 is 0 Å². The van der Waals surface area contributed by atoms with Gasteiger partial charge in [-0.05, 0) is 42.0 Å². The Balaban J connectivity index is 2.06. The minimum atomic E-state index is -0.147. The molecular weight excluding hydrogens is 239 g/mol. The maximum atomic E-state index is 13.7. The van der Waals surface area contributed by atoms with E-state index in [-0.39, 0.29) is 11.2 Å². The molecule has 1 saturated carbocycles. The highest BCUT2D eigenvalue weighted by atomic mass is 19.1. The van der Waals surface area contributed by atoms with E-state index in [0.717, 1.165) is 24.3 Å². The molecule has 1 aromatic rings. The number of rotatable bonds is 5. The van der Waals surface area contributed by atoms with Crippen molar-refractivity contribution in [3.05, 3.63) is 29.6 Å². The van der Waals surface area contributed by atoms with E-state index in [4.69, 9.17) is 0 Å². The van der Waals surface area contributed by atoms with Crippen molar-refractivity contribution in [3.63, 3.8) is 0 Å². The monoisotopic (exact) mass is 264 g/mol. The number of hydrogen-bond acceptors (Lipinski definition) is 2. The number of nitrogens with zero attached hydrogens (tertiary/aromatic N) is 1. The molecule has 2 nitrogen and oxygen atoms in total. The molecule has 0 amide bonds. The highest BCUT2D eigenvalue weighted by Crippen LogP contribution is 2.24. The van der Waals surface area contributed by atoms with Crippen molar-refractivity contribution >= 4 is 5.69 Å². The fourth-order valence-corrected chi connectivity index (χ4v) is 2.31. The molecule has 0 unspecified atom stereocenters. The molecule has 1 aliphatic rings. The summed E-state index contributed by atoms with van der Waals surface area (Å²) in [6.45, 7) is 8.25. The molecule has 3 heteroatoms. The summed E-state index contributed by atoms with van der Waals surface area (Å²) in [6.07, 6.45) is 2.51. The van der Waals surface area contributed by atoms with Gasteiger partial charge in [0.25, 0.3) is 0 Å². The molecule has 0 radical (unpaired) electrons. The van der Waals surface area contributed by atoms with Crippen LogP contribution in [0.2, 0.25) is 0 Å². The van der Waals surface area contributed by atoms with E-state index in [0.29, 0.717) is 6.04 Å². The highest BCUT2D eigenvalue weighted by molar-refractivity contribution is 5.48. The zero-order valence-electron chi connectivity index (χ0n) is 12.5. The lowest BCUT2D eigenvalue weighted by Gasteiger charge is -2.28. The molecule has 1 aliphatic carbocycles. The number of benzene rings is 1. The topological polar surface area (TPSA) is 15.3 Å². The lowest BCUT2D eigenvalue weighted by molar-refractivity contribution is 0.418. The second kappa shape index (κ2) is 5.49. The van der Waals surface area contributed by atoms with Gasteiger partial charge in [-0.1, -0.05) is 20.8 Å². The van der Waals surface area contributed by atoms with Gasteiger partial charge in [0.15, 0.2) is 0 Å². The third kappa shape index (κ3) is 4.83. The summed E-state index contributed by atoms with van der Waals surface area (Å²) >= 11 is 0. The van der Waals surface area contributed by atoms with Crippen LogP contribution in [0.3, 0.4) is 0 Å². The third-order valence-electron chi connectivity index (χ3n) is 3.27. The molecule has 1 N–H and O–H groups in total. The Labute approximate surface area is 116 Å². The van der Waals surface area contributed by atoms with Crippen LogP contribution in [0, 0.1) is 11.2 Å². The van der Waals surface area contributed by atoms with Crippen LogP contribution in [-0.4, -0.2) is 19.6 Å². The normalized spacial score (nSPS) is 15.6. The first-order chi connectivity index (χ1) is 8.83. The summed E-state index contributed by atoms with van der Waals surface area (Å²) in [7, 11) is 2.03. The lowest BCUT2D eigenvalue weighted by Crippen LogP contribution is -2.29. The molecular formula is C16H25FN2. The van der Waals surface area contributed by atoms with Gasteiger partial charge in [-0.3, -0.25) is 0 Å². The van der Waals surface area contributed by atoms with Crippen molar-refractivity contribution in [2.45, 2.75) is 46.2 Å². The van der Waals surface area contributed by atoms with Crippen LogP contribution >= 0.6 is 0 Å². The summed E-state index contributed by atoms with van der Waals surface area (Å²) in [5.74, 6) is -0.147. The Morgan fingerprint density at radius 1 is 1.26 bits per heavy atom. The first-order valence-corrected chi connectivity index (χ1v) is 7.07. The fourth-order valence-electron chi connectivity index (χ4n) is 2.31. The molecule has 0 spiro atoms. The minimum absolute atomic E-state index is 0.147. The predicted octanol–water partition coefficient (Wildman–Crippen LogP) is 3.56. The van der Waals surface area contributed by atoms with Crippen molar-refractivity contribution < 1.29 is 4.39 Å². The number of halogens is 1. The van der Waals surface area contributed by atoms with Crippen molar-refractivity contribution in [2.24, 2.45) is 5.41 Å². The molecule has 2 rings (SSSR count). The van der Waals surface area contributed by atoms with Gasteiger partial charge in [0.1, 0.15) is 5.82 Å². The Morgan fingerprint density at radius 2 is 1.95 bits per heavy atom. The average molecular weight is 264 g/mol. The van der Waals surface area contributed by atoms with Crippen LogP contribution in [0.25, 0.3) is 0 Å². The summed E-state index contributed by atoms with van der Waals surface area (Å²) in [5, 5.41) is 3.43. The molecule has 0 atom stereocenters. The molecule has 0 saturated heterocycles. The average Bonchev–Trinajstić information content (AvgIpc) is 3.07. The largest absolute Gasteiger partial charge is 0.374 e. The summed E-state index contributed by atoms with van der Waals surface area (Å²) < 4.78 is 13.7. The summed E-state index contributed by atoms with van der Waals surface area (Å²) in [6, 6.07) is 5.99. The second-order valence-corrected chi connectivity index (χ2v) is 6.89. The maximum Gasteiger partial charge on any atom is 0.125 e. The van der Waals surface area contributed by atoms with Crippen LogP contribution in [-0.2, 0) is 6.54 Å². The van der Waals surface area contributed by atoms with Gasteiger partial charge in [0, 0.05) is 31.9 Å². The van der Waals surface area contributed by atoms with E-state index in [2.05, 4.69) is 37.1 Å². The highest BCUT2D eigenvalue weighted by Gasteiger charge is 2.20. The van der Waals surface area contributed by atoms with Gasteiger partial charge in [0.2, 0.25) is 0 Å². The Kier molecular flexibility index (Phi) is 4.14. The van der Waals surface area contributed by atoms with Gasteiger partial charge in [0.05, 0.1) is 0 Å². The predicted molar refractivity (Wildman–Crippen MR) is 79.0 cm³/mol. The summed E-state index contributed by atoms with van der Waals surface area (Å²) in [4.78, 5) is 2.13. The van der Waals surface area contributed by atoms with Crippen LogP contribution in [0.4, 0.5) is 10.1 Å². The quantitative estimate of drug-likeness (QED) is 0.874. The van der Waals surface area contributed by atoms with Gasteiger partial charge in [-0.15, -0.1) is 0 Å². The Morgan fingerprint density at radius 3 is 2.53 bits per heavy atom. The number of nitrogens with one attached hydrogen (secondary N) is 1. The van der Waals surface area contributed by atoms with Crippen LogP contribution in [0.5, 0.6) is 0 Å². The van der Waals surface area contributed by atoms with E-state index in [1.807, 2.05) is 7.05 Å². The van der Waals surface area contributed by atoms with E-state index in [9.17, 15) is 4.39 Å². The smallest absolute Gasteiger partial charge is 0.125 e. The number of anilines is 1. The molecule has 0 aliphatic heterocycles. The SMILES string of the molecule is CN(CC(C)(C)C)c1cc(F)cc(CNC2CC2)c1. The van der Waals surface area contributed by atoms with Gasteiger partial charge >= 0.3 is 0 Å². The molecule has 0 bridgehead atoms. The molecule has 0 aromatic heterocycles. The summed E-state index contributed by atoms with van der Waals surface area (Å²) in [5.41, 5.74) is 2.19. The minimum Gasteiger partial charge on any atom is -0.374 e. The van der Waals surface area contributed by atoms with Crippen LogP contribution in [0.15, 0.2) is 18.2 Å². The second-order valence-electron chi connectivity index (χ2n) is 6.89.